The predicted octanol–water partition coefficient (Wildman–Crippen LogP) is 1.06. The molecule has 0 aromatic carbocycles. The van der Waals surface area contributed by atoms with E-state index in [-0.39, 0.29) is 31.0 Å². The highest BCUT2D eigenvalue weighted by atomic mass is 16.7. The van der Waals surface area contributed by atoms with E-state index in [0.29, 0.717) is 25.6 Å². The Morgan fingerprint density at radius 1 is 1.27 bits per heavy atom. The van der Waals surface area contributed by atoms with Crippen LogP contribution >= 0.6 is 0 Å². The fraction of sp³-hybridized carbons (Fsp3) is 0.867. The summed E-state index contributed by atoms with van der Waals surface area (Å²) in [7, 11) is 0. The summed E-state index contributed by atoms with van der Waals surface area (Å²) in [6.45, 7) is 4.84. The highest BCUT2D eigenvalue weighted by molar-refractivity contribution is 5.90. The van der Waals surface area contributed by atoms with Gasteiger partial charge >= 0.3 is 6.16 Å². The van der Waals surface area contributed by atoms with Crippen LogP contribution in [0.3, 0.4) is 0 Å². The van der Waals surface area contributed by atoms with E-state index in [1.807, 2.05) is 0 Å². The summed E-state index contributed by atoms with van der Waals surface area (Å²) in [5.41, 5.74) is -0.657. The smallest absolute Gasteiger partial charge is 0.450 e. The van der Waals surface area contributed by atoms with Gasteiger partial charge in [0.1, 0.15) is 12.4 Å². The van der Waals surface area contributed by atoms with Gasteiger partial charge in [-0.1, -0.05) is 13.8 Å². The zero-order chi connectivity index (χ0) is 16.8. The average Bonchev–Trinajstić information content (AvgIpc) is 2.81. The SMILES string of the molecule is CC1(C)C2CCC1(COC(=O)O)C(=O)C2.OCCOCCO. The van der Waals surface area contributed by atoms with Crippen molar-refractivity contribution < 1.29 is 34.4 Å². The quantitative estimate of drug-likeness (QED) is 0.496. The van der Waals surface area contributed by atoms with Gasteiger partial charge in [-0.3, -0.25) is 4.79 Å². The molecule has 22 heavy (non-hydrogen) atoms. The number of carboxylic acid groups (broad SMARTS) is 1. The molecular weight excluding hydrogens is 292 g/mol. The van der Waals surface area contributed by atoms with Gasteiger partial charge in [0.05, 0.1) is 31.8 Å². The third kappa shape index (κ3) is 3.77. The molecule has 0 aliphatic heterocycles. The van der Waals surface area contributed by atoms with Crippen molar-refractivity contribution in [3.05, 3.63) is 0 Å². The zero-order valence-electron chi connectivity index (χ0n) is 13.2. The second-order valence-electron chi connectivity index (χ2n) is 6.28. The van der Waals surface area contributed by atoms with Crippen LogP contribution in [0.4, 0.5) is 4.79 Å². The van der Waals surface area contributed by atoms with Crippen LogP contribution in [0.5, 0.6) is 0 Å². The molecule has 128 valence electrons. The fourth-order valence-corrected chi connectivity index (χ4v) is 3.52. The molecule has 0 radical (unpaired) electrons. The molecule has 0 amide bonds. The van der Waals surface area contributed by atoms with E-state index in [4.69, 9.17) is 15.3 Å². The van der Waals surface area contributed by atoms with Crippen LogP contribution in [0, 0.1) is 16.7 Å². The van der Waals surface area contributed by atoms with Gasteiger partial charge in [-0.05, 0) is 24.2 Å². The first kappa shape index (κ1) is 18.9. The number of aliphatic hydroxyl groups is 2. The number of hydrogen-bond acceptors (Lipinski definition) is 6. The molecule has 2 atom stereocenters. The molecule has 0 saturated heterocycles. The van der Waals surface area contributed by atoms with Crippen molar-refractivity contribution in [1.29, 1.82) is 0 Å². The van der Waals surface area contributed by atoms with Crippen LogP contribution in [0.1, 0.15) is 33.1 Å². The number of ketones is 1. The lowest BCUT2D eigenvalue weighted by Gasteiger charge is -2.35. The van der Waals surface area contributed by atoms with Gasteiger partial charge in [-0.25, -0.2) is 4.79 Å². The number of fused-ring (bicyclic) bond motifs is 2. The lowest BCUT2D eigenvalue weighted by molar-refractivity contribution is -0.132. The third-order valence-corrected chi connectivity index (χ3v) is 5.05. The summed E-state index contributed by atoms with van der Waals surface area (Å²) >= 11 is 0. The van der Waals surface area contributed by atoms with E-state index in [1.165, 1.54) is 0 Å². The molecule has 2 aliphatic carbocycles. The number of aliphatic hydroxyl groups excluding tert-OH is 2. The molecule has 2 aliphatic rings. The second-order valence-corrected chi connectivity index (χ2v) is 6.28. The van der Waals surface area contributed by atoms with Crippen molar-refractivity contribution in [2.75, 3.05) is 33.0 Å². The molecular formula is C15H26O7. The molecule has 0 heterocycles. The van der Waals surface area contributed by atoms with Crippen molar-refractivity contribution in [1.82, 2.24) is 0 Å². The molecule has 0 aromatic heterocycles. The molecule has 2 unspecified atom stereocenters. The number of hydrogen-bond donors (Lipinski definition) is 3. The normalized spacial score (nSPS) is 28.2. The summed E-state index contributed by atoms with van der Waals surface area (Å²) in [5.74, 6) is 0.590. The monoisotopic (exact) mass is 318 g/mol. The highest BCUT2D eigenvalue weighted by Gasteiger charge is 2.64. The van der Waals surface area contributed by atoms with E-state index in [1.54, 1.807) is 0 Å². The van der Waals surface area contributed by atoms with Gasteiger partial charge in [0.15, 0.2) is 0 Å². The largest absolute Gasteiger partial charge is 0.505 e. The van der Waals surface area contributed by atoms with E-state index >= 15 is 0 Å². The molecule has 0 spiro atoms. The van der Waals surface area contributed by atoms with E-state index in [0.717, 1.165) is 12.8 Å². The first-order valence-corrected chi connectivity index (χ1v) is 7.50. The Morgan fingerprint density at radius 3 is 2.23 bits per heavy atom. The maximum absolute atomic E-state index is 11.9. The van der Waals surface area contributed by atoms with Gasteiger partial charge in [0.2, 0.25) is 0 Å². The summed E-state index contributed by atoms with van der Waals surface area (Å²) < 4.78 is 9.28. The Kier molecular flexibility index (Phi) is 6.77. The average molecular weight is 318 g/mol. The summed E-state index contributed by atoms with van der Waals surface area (Å²) in [6.07, 6.45) is 1.09. The van der Waals surface area contributed by atoms with Gasteiger partial charge in [0.25, 0.3) is 0 Å². The van der Waals surface area contributed by atoms with Gasteiger partial charge in [-0.2, -0.15) is 0 Å². The van der Waals surface area contributed by atoms with Crippen molar-refractivity contribution in [3.8, 4) is 0 Å². The van der Waals surface area contributed by atoms with E-state index < -0.39 is 11.6 Å². The van der Waals surface area contributed by atoms with Crippen LogP contribution in [-0.2, 0) is 14.3 Å². The predicted molar refractivity (Wildman–Crippen MR) is 77.5 cm³/mol. The number of ether oxygens (including phenoxy) is 2. The van der Waals surface area contributed by atoms with Crippen LogP contribution in [0.15, 0.2) is 0 Å². The fourth-order valence-electron chi connectivity index (χ4n) is 3.52. The Bertz CT molecular complexity index is 389. The molecule has 3 N–H and O–H groups in total. The molecule has 2 rings (SSSR count). The molecule has 2 saturated carbocycles. The number of Topliss-reactive ketones (excluding diaryl/α,β-unsaturated/α-hetero) is 1. The Labute approximate surface area is 130 Å². The maximum atomic E-state index is 11.9. The minimum absolute atomic E-state index is 0.0278. The van der Waals surface area contributed by atoms with Crippen molar-refractivity contribution in [2.45, 2.75) is 33.1 Å². The summed E-state index contributed by atoms with van der Waals surface area (Å²) in [4.78, 5) is 22.3. The van der Waals surface area contributed by atoms with Crippen LogP contribution in [0.25, 0.3) is 0 Å². The Hall–Kier alpha value is -1.18. The standard InChI is InChI=1S/C11H16O4.C4H10O3/c1-10(2)7-3-4-11(10,8(12)5-7)6-15-9(13)14;5-1-3-7-4-2-6/h7H,3-6H2,1-2H3,(H,13,14);5-6H,1-4H2. The van der Waals surface area contributed by atoms with Gasteiger partial charge in [-0.15, -0.1) is 0 Å². The summed E-state index contributed by atoms with van der Waals surface area (Å²) in [6, 6.07) is 0. The minimum atomic E-state index is -1.29. The highest BCUT2D eigenvalue weighted by Crippen LogP contribution is 2.63. The first-order valence-electron chi connectivity index (χ1n) is 7.50. The first-order chi connectivity index (χ1) is 10.3. The summed E-state index contributed by atoms with van der Waals surface area (Å²) in [5, 5.41) is 24.7. The lowest BCUT2D eigenvalue weighted by atomic mass is 9.69. The van der Waals surface area contributed by atoms with Gasteiger partial charge < -0.3 is 24.8 Å². The van der Waals surface area contributed by atoms with E-state index in [9.17, 15) is 9.59 Å². The number of carbonyl (C=O) groups excluding carboxylic acids is 1. The molecule has 7 nitrogen and oxygen atoms in total. The van der Waals surface area contributed by atoms with Crippen molar-refractivity contribution >= 4 is 11.9 Å². The molecule has 2 fully saturated rings. The van der Waals surface area contributed by atoms with Crippen LogP contribution < -0.4 is 0 Å². The minimum Gasteiger partial charge on any atom is -0.450 e. The molecule has 0 aromatic rings. The van der Waals surface area contributed by atoms with Crippen molar-refractivity contribution in [2.24, 2.45) is 16.7 Å². The zero-order valence-corrected chi connectivity index (χ0v) is 13.2. The van der Waals surface area contributed by atoms with Crippen LogP contribution in [0.2, 0.25) is 0 Å². The second kappa shape index (κ2) is 7.89. The lowest BCUT2D eigenvalue weighted by Crippen LogP contribution is -2.40. The Morgan fingerprint density at radius 2 is 1.86 bits per heavy atom. The third-order valence-electron chi connectivity index (χ3n) is 5.05. The molecule has 7 heteroatoms. The molecule has 2 bridgehead atoms. The number of rotatable bonds is 6. The van der Waals surface area contributed by atoms with Gasteiger partial charge in [0, 0.05) is 6.42 Å². The van der Waals surface area contributed by atoms with E-state index in [2.05, 4.69) is 23.3 Å². The topological polar surface area (TPSA) is 113 Å². The Balaban J connectivity index is 0.000000295. The van der Waals surface area contributed by atoms with Crippen molar-refractivity contribution in [3.63, 3.8) is 0 Å². The number of carbonyl (C=O) groups is 2. The maximum Gasteiger partial charge on any atom is 0.505 e. The van der Waals surface area contributed by atoms with Crippen LogP contribution in [-0.4, -0.2) is 60.3 Å².